The van der Waals surface area contributed by atoms with Crippen LogP contribution < -0.4 is 0 Å². The molecule has 0 spiro atoms. The molecule has 0 bridgehead atoms. The molecule has 0 heterocycles. The Kier molecular flexibility index (Phi) is 4.75. The van der Waals surface area contributed by atoms with Gasteiger partial charge in [-0.15, -0.1) is 0 Å². The largest absolute Gasteiger partial charge is 0.0721 e. The normalized spacial score (nSPS) is 14.0. The van der Waals surface area contributed by atoms with E-state index < -0.39 is 0 Å². The van der Waals surface area contributed by atoms with Crippen molar-refractivity contribution in [3.63, 3.8) is 0 Å². The summed E-state index contributed by atoms with van der Waals surface area (Å²) in [5, 5.41) is 2.71. The summed E-state index contributed by atoms with van der Waals surface area (Å²) < 4.78 is 0. The van der Waals surface area contributed by atoms with Gasteiger partial charge in [0.15, 0.2) is 0 Å². The first kappa shape index (κ1) is 14.4. The highest BCUT2D eigenvalue weighted by molar-refractivity contribution is 5.88. The molecule has 0 saturated heterocycles. The Morgan fingerprint density at radius 1 is 0.762 bits per heavy atom. The van der Waals surface area contributed by atoms with E-state index in [1.807, 2.05) is 0 Å². The second-order valence-electron chi connectivity index (χ2n) is 6.16. The van der Waals surface area contributed by atoms with Gasteiger partial charge in [-0.25, -0.2) is 0 Å². The van der Waals surface area contributed by atoms with E-state index in [4.69, 9.17) is 0 Å². The van der Waals surface area contributed by atoms with Crippen LogP contribution in [0.1, 0.15) is 63.0 Å². The van der Waals surface area contributed by atoms with Crippen LogP contribution in [0.3, 0.4) is 0 Å². The number of hydrogen-bond donors (Lipinski definition) is 0. The van der Waals surface area contributed by atoms with Crippen LogP contribution in [0, 0.1) is 5.92 Å². The zero-order chi connectivity index (χ0) is 14.5. The van der Waals surface area contributed by atoms with E-state index in [1.165, 1.54) is 72.8 Å². The highest BCUT2D eigenvalue weighted by atomic mass is 14.2. The summed E-state index contributed by atoms with van der Waals surface area (Å²) in [6.07, 6.45) is 14.1. The molecule has 2 aromatic carbocycles. The van der Waals surface area contributed by atoms with Crippen molar-refractivity contribution in [1.29, 1.82) is 0 Å². The van der Waals surface area contributed by atoms with Crippen LogP contribution in [0.2, 0.25) is 0 Å². The topological polar surface area (TPSA) is 0 Å². The number of benzene rings is 2. The number of rotatable bonds is 7. The number of hydrogen-bond acceptors (Lipinski definition) is 0. The van der Waals surface area contributed by atoms with Crippen molar-refractivity contribution < 1.29 is 0 Å². The predicted octanol–water partition coefficient (Wildman–Crippen LogP) is 6.54. The lowest BCUT2D eigenvalue weighted by atomic mass is 9.92. The molecule has 0 N–H and O–H groups in total. The molecule has 0 nitrogen and oxygen atoms in total. The molecule has 0 amide bonds. The Bertz CT molecular complexity index is 621. The third-order valence-electron chi connectivity index (χ3n) is 4.53. The van der Waals surface area contributed by atoms with Gasteiger partial charge in [0.1, 0.15) is 0 Å². The molecule has 0 unspecified atom stereocenters. The molecule has 1 aliphatic rings. The fourth-order valence-electron chi connectivity index (χ4n) is 3.27. The van der Waals surface area contributed by atoms with E-state index in [9.17, 15) is 0 Å². The number of fused-ring (bicyclic) bond motifs is 2. The first-order valence-electron chi connectivity index (χ1n) is 8.45. The van der Waals surface area contributed by atoms with E-state index in [0.29, 0.717) is 0 Å². The first-order valence-corrected chi connectivity index (χ1v) is 8.45. The van der Waals surface area contributed by atoms with Gasteiger partial charge in [0.2, 0.25) is 0 Å². The average Bonchev–Trinajstić information content (AvgIpc) is 2.90. The maximum Gasteiger partial charge on any atom is 0.0273 e. The van der Waals surface area contributed by atoms with Crippen LogP contribution in [0.25, 0.3) is 16.8 Å². The molecule has 0 saturated carbocycles. The van der Waals surface area contributed by atoms with Crippen LogP contribution >= 0.6 is 0 Å². The smallest absolute Gasteiger partial charge is 0.0273 e. The monoisotopic (exact) mass is 277 g/mol. The second kappa shape index (κ2) is 6.93. The SMILES string of the molecule is CCCCCCCC[C]1C=Cc2cc3ccccc3cc21. The second-order valence-corrected chi connectivity index (χ2v) is 6.16. The lowest BCUT2D eigenvalue weighted by molar-refractivity contribution is 0.601. The van der Waals surface area contributed by atoms with E-state index >= 15 is 0 Å². The molecule has 0 atom stereocenters. The lowest BCUT2D eigenvalue weighted by Crippen LogP contribution is -1.95. The van der Waals surface area contributed by atoms with Crippen molar-refractivity contribution in [2.45, 2.75) is 51.9 Å². The molecule has 1 aliphatic carbocycles. The summed E-state index contributed by atoms with van der Waals surface area (Å²) in [5.74, 6) is 1.53. The van der Waals surface area contributed by atoms with Crippen LogP contribution in [-0.4, -0.2) is 0 Å². The molecule has 0 aliphatic heterocycles. The maximum atomic E-state index is 2.37. The summed E-state index contributed by atoms with van der Waals surface area (Å²) in [4.78, 5) is 0. The highest BCUT2D eigenvalue weighted by Crippen LogP contribution is 2.35. The summed E-state index contributed by atoms with van der Waals surface area (Å²) in [7, 11) is 0. The molecule has 3 rings (SSSR count). The minimum Gasteiger partial charge on any atom is -0.0721 e. The Labute approximate surface area is 128 Å². The van der Waals surface area contributed by atoms with Gasteiger partial charge in [-0.3, -0.25) is 0 Å². The minimum atomic E-state index is 1.23. The standard InChI is InChI=1S/C21H25/c1-2-3-4-5-6-7-10-17-13-14-20-15-18-11-8-9-12-19(18)16-21(17)20/h8-9,11-16H,2-7,10H2,1H3. The summed E-state index contributed by atoms with van der Waals surface area (Å²) in [6.45, 7) is 2.28. The molecule has 21 heavy (non-hydrogen) atoms. The Morgan fingerprint density at radius 2 is 1.48 bits per heavy atom. The van der Waals surface area contributed by atoms with E-state index in [-0.39, 0.29) is 0 Å². The molecular weight excluding hydrogens is 252 g/mol. The fraction of sp³-hybridized carbons (Fsp3) is 0.381. The van der Waals surface area contributed by atoms with Crippen molar-refractivity contribution >= 4 is 16.8 Å². The molecule has 2 aromatic rings. The molecule has 0 heteroatoms. The summed E-state index contributed by atoms with van der Waals surface area (Å²) >= 11 is 0. The maximum absolute atomic E-state index is 2.37. The van der Waals surface area contributed by atoms with Crippen molar-refractivity contribution in [1.82, 2.24) is 0 Å². The van der Waals surface area contributed by atoms with Gasteiger partial charge >= 0.3 is 0 Å². The Balaban J connectivity index is 1.61. The van der Waals surface area contributed by atoms with Crippen molar-refractivity contribution in [2.24, 2.45) is 0 Å². The zero-order valence-electron chi connectivity index (χ0n) is 13.1. The Morgan fingerprint density at radius 3 is 2.29 bits per heavy atom. The van der Waals surface area contributed by atoms with Crippen LogP contribution in [0.15, 0.2) is 42.5 Å². The van der Waals surface area contributed by atoms with Crippen LogP contribution in [-0.2, 0) is 0 Å². The van der Waals surface area contributed by atoms with E-state index in [2.05, 4.69) is 55.5 Å². The quantitative estimate of drug-likeness (QED) is 0.504. The van der Waals surface area contributed by atoms with Gasteiger partial charge < -0.3 is 0 Å². The van der Waals surface area contributed by atoms with Crippen molar-refractivity contribution in [3.05, 3.63) is 59.5 Å². The molecule has 109 valence electrons. The van der Waals surface area contributed by atoms with Gasteiger partial charge in [0.25, 0.3) is 0 Å². The average molecular weight is 277 g/mol. The first-order chi connectivity index (χ1) is 10.4. The third kappa shape index (κ3) is 3.37. The predicted molar refractivity (Wildman–Crippen MR) is 93.3 cm³/mol. The van der Waals surface area contributed by atoms with Gasteiger partial charge in [0.05, 0.1) is 0 Å². The number of unbranched alkanes of at least 4 members (excludes halogenated alkanes) is 5. The van der Waals surface area contributed by atoms with Crippen molar-refractivity contribution in [2.75, 3.05) is 0 Å². The fourth-order valence-corrected chi connectivity index (χ4v) is 3.27. The van der Waals surface area contributed by atoms with Crippen LogP contribution in [0.5, 0.6) is 0 Å². The van der Waals surface area contributed by atoms with Gasteiger partial charge in [0, 0.05) is 5.92 Å². The molecule has 0 aromatic heterocycles. The lowest BCUT2D eigenvalue weighted by Gasteiger charge is -2.11. The zero-order valence-corrected chi connectivity index (χ0v) is 13.1. The molecular formula is C21H25. The third-order valence-corrected chi connectivity index (χ3v) is 4.53. The van der Waals surface area contributed by atoms with Crippen LogP contribution in [0.4, 0.5) is 0 Å². The van der Waals surface area contributed by atoms with Gasteiger partial charge in [-0.2, -0.15) is 0 Å². The van der Waals surface area contributed by atoms with Gasteiger partial charge in [-0.05, 0) is 40.5 Å². The van der Waals surface area contributed by atoms with Gasteiger partial charge in [-0.1, -0.05) is 81.9 Å². The van der Waals surface area contributed by atoms with E-state index in [0.717, 1.165) is 0 Å². The van der Waals surface area contributed by atoms with E-state index in [1.54, 1.807) is 0 Å². The summed E-state index contributed by atoms with van der Waals surface area (Å²) in [5.41, 5.74) is 2.86. The Hall–Kier alpha value is -1.56. The minimum absolute atomic E-state index is 1.23. The molecule has 1 radical (unpaired) electrons. The number of allylic oxidation sites excluding steroid dienone is 1. The summed E-state index contributed by atoms with van der Waals surface area (Å²) in [6, 6.07) is 13.4. The highest BCUT2D eigenvalue weighted by Gasteiger charge is 2.18. The molecule has 0 fully saturated rings. The van der Waals surface area contributed by atoms with Crippen molar-refractivity contribution in [3.8, 4) is 0 Å².